The molecule has 0 saturated heterocycles. The second kappa shape index (κ2) is 5.99. The van der Waals surface area contributed by atoms with E-state index >= 15 is 0 Å². The van der Waals surface area contributed by atoms with Crippen LogP contribution in [-0.2, 0) is 6.54 Å². The number of hydrogen-bond donors (Lipinski definition) is 2. The van der Waals surface area contributed by atoms with Crippen LogP contribution in [0, 0.1) is 0 Å². The van der Waals surface area contributed by atoms with Gasteiger partial charge in [-0.25, -0.2) is 4.98 Å². The van der Waals surface area contributed by atoms with Crippen LogP contribution in [0.2, 0.25) is 0 Å². The summed E-state index contributed by atoms with van der Waals surface area (Å²) >= 11 is 0. The van der Waals surface area contributed by atoms with Gasteiger partial charge in [0.15, 0.2) is 0 Å². The number of hydrogen-bond acceptors (Lipinski definition) is 4. The van der Waals surface area contributed by atoms with Crippen molar-refractivity contribution in [2.75, 3.05) is 6.61 Å². The molecule has 3 aromatic rings. The second-order valence-corrected chi connectivity index (χ2v) is 4.72. The van der Waals surface area contributed by atoms with Crippen molar-refractivity contribution in [3.8, 4) is 5.75 Å². The van der Waals surface area contributed by atoms with Gasteiger partial charge in [0.25, 0.3) is 0 Å². The number of imidazole rings is 1. The lowest BCUT2D eigenvalue weighted by Crippen LogP contribution is -2.29. The predicted molar refractivity (Wildman–Crippen MR) is 81.5 cm³/mol. The van der Waals surface area contributed by atoms with Crippen molar-refractivity contribution in [3.05, 3.63) is 54.9 Å². The molecule has 0 amide bonds. The lowest BCUT2D eigenvalue weighted by molar-refractivity contribution is 0.300. The van der Waals surface area contributed by atoms with Gasteiger partial charge in [-0.2, -0.15) is 0 Å². The van der Waals surface area contributed by atoms with Crippen LogP contribution in [0.4, 0.5) is 0 Å². The number of nitrogens with zero attached hydrogens (tertiary/aromatic N) is 2. The fourth-order valence-corrected chi connectivity index (χ4v) is 2.22. The Bertz CT molecular complexity index is 742. The summed E-state index contributed by atoms with van der Waals surface area (Å²) < 4.78 is 7.68. The number of fused-ring (bicyclic) bond motifs is 1. The Morgan fingerprint density at radius 1 is 1.10 bits per heavy atom. The van der Waals surface area contributed by atoms with Gasteiger partial charge in [0.05, 0.1) is 23.9 Å². The molecule has 6 heteroatoms. The molecule has 2 aromatic carbocycles. The average molecular weight is 282 g/mol. The normalized spacial score (nSPS) is 10.8. The largest absolute Gasteiger partial charge is 0.492 e. The molecule has 0 bridgehead atoms. The van der Waals surface area contributed by atoms with E-state index in [1.807, 2.05) is 28.8 Å². The maximum Gasteiger partial charge on any atom is 0.488 e. The van der Waals surface area contributed by atoms with Crippen LogP contribution < -0.4 is 10.2 Å². The quantitative estimate of drug-likeness (QED) is 0.679. The van der Waals surface area contributed by atoms with Crippen molar-refractivity contribution in [1.29, 1.82) is 0 Å². The number of rotatable bonds is 5. The van der Waals surface area contributed by atoms with Crippen LogP contribution in [0.3, 0.4) is 0 Å². The SMILES string of the molecule is OB(O)c1cccc(OCCn2cnc3ccccc32)c1. The van der Waals surface area contributed by atoms with Crippen molar-refractivity contribution >= 4 is 23.6 Å². The summed E-state index contributed by atoms with van der Waals surface area (Å²) in [4.78, 5) is 4.32. The van der Waals surface area contributed by atoms with E-state index in [2.05, 4.69) is 4.98 Å². The van der Waals surface area contributed by atoms with Gasteiger partial charge in [0, 0.05) is 0 Å². The standard InChI is InChI=1S/C15H15BN2O3/c19-16(20)12-4-3-5-13(10-12)21-9-8-18-11-17-14-6-1-2-7-15(14)18/h1-7,10-11,19-20H,8-9H2. The Hall–Kier alpha value is -2.31. The zero-order valence-electron chi connectivity index (χ0n) is 11.4. The van der Waals surface area contributed by atoms with E-state index in [9.17, 15) is 0 Å². The molecule has 1 heterocycles. The zero-order chi connectivity index (χ0) is 14.7. The van der Waals surface area contributed by atoms with E-state index < -0.39 is 7.12 Å². The Labute approximate surface area is 122 Å². The summed E-state index contributed by atoms with van der Waals surface area (Å²) in [6.45, 7) is 1.15. The minimum Gasteiger partial charge on any atom is -0.492 e. The van der Waals surface area contributed by atoms with Gasteiger partial charge in [-0.1, -0.05) is 24.3 Å². The molecule has 1 aromatic heterocycles. The topological polar surface area (TPSA) is 67.5 Å². The third kappa shape index (κ3) is 3.07. The first kappa shape index (κ1) is 13.7. The molecular formula is C15H15BN2O3. The van der Waals surface area contributed by atoms with Gasteiger partial charge >= 0.3 is 7.12 Å². The molecule has 0 spiro atoms. The van der Waals surface area contributed by atoms with E-state index in [4.69, 9.17) is 14.8 Å². The number of benzene rings is 2. The fraction of sp³-hybridized carbons (Fsp3) is 0.133. The van der Waals surface area contributed by atoms with Gasteiger partial charge in [0.2, 0.25) is 0 Å². The average Bonchev–Trinajstić information content (AvgIpc) is 2.91. The first-order chi connectivity index (χ1) is 10.2. The first-order valence-corrected chi connectivity index (χ1v) is 6.73. The Balaban J connectivity index is 1.65. The molecule has 0 unspecified atom stereocenters. The van der Waals surface area contributed by atoms with Crippen LogP contribution in [0.5, 0.6) is 5.75 Å². The van der Waals surface area contributed by atoms with Crippen molar-refractivity contribution in [1.82, 2.24) is 9.55 Å². The highest BCUT2D eigenvalue weighted by atomic mass is 16.5. The Kier molecular flexibility index (Phi) is 3.90. The molecule has 0 atom stereocenters. The van der Waals surface area contributed by atoms with Gasteiger partial charge in [0.1, 0.15) is 12.4 Å². The molecule has 0 aliphatic carbocycles. The molecule has 0 fully saturated rings. The third-order valence-electron chi connectivity index (χ3n) is 3.28. The highest BCUT2D eigenvalue weighted by Crippen LogP contribution is 2.12. The molecule has 3 rings (SSSR count). The molecule has 2 N–H and O–H groups in total. The minimum absolute atomic E-state index is 0.417. The fourth-order valence-electron chi connectivity index (χ4n) is 2.22. The Morgan fingerprint density at radius 2 is 1.95 bits per heavy atom. The van der Waals surface area contributed by atoms with Crippen LogP contribution in [0.25, 0.3) is 11.0 Å². The number of para-hydroxylation sites is 2. The Morgan fingerprint density at radius 3 is 2.81 bits per heavy atom. The van der Waals surface area contributed by atoms with Gasteiger partial charge in [-0.3, -0.25) is 0 Å². The van der Waals surface area contributed by atoms with Crippen molar-refractivity contribution in [2.24, 2.45) is 0 Å². The minimum atomic E-state index is -1.48. The first-order valence-electron chi connectivity index (χ1n) is 6.73. The maximum atomic E-state index is 9.13. The molecule has 0 aliphatic rings. The highest BCUT2D eigenvalue weighted by Gasteiger charge is 2.11. The molecule has 106 valence electrons. The van der Waals surface area contributed by atoms with Crippen molar-refractivity contribution in [3.63, 3.8) is 0 Å². The number of ether oxygens (including phenoxy) is 1. The van der Waals surface area contributed by atoms with Crippen LogP contribution >= 0.6 is 0 Å². The summed E-state index contributed by atoms with van der Waals surface area (Å²) in [6, 6.07) is 14.7. The highest BCUT2D eigenvalue weighted by molar-refractivity contribution is 6.58. The predicted octanol–water partition coefficient (Wildman–Crippen LogP) is 0.795. The summed E-state index contributed by atoms with van der Waals surface area (Å²) in [7, 11) is -1.48. The number of aromatic nitrogens is 2. The molecule has 21 heavy (non-hydrogen) atoms. The summed E-state index contributed by atoms with van der Waals surface area (Å²) in [5.41, 5.74) is 2.45. The van der Waals surface area contributed by atoms with E-state index in [1.54, 1.807) is 30.6 Å². The third-order valence-corrected chi connectivity index (χ3v) is 3.28. The molecule has 0 radical (unpaired) electrons. The maximum absolute atomic E-state index is 9.13. The van der Waals surface area contributed by atoms with Crippen LogP contribution in [0.15, 0.2) is 54.9 Å². The van der Waals surface area contributed by atoms with Gasteiger partial charge < -0.3 is 19.4 Å². The molecular weight excluding hydrogens is 267 g/mol. The molecule has 5 nitrogen and oxygen atoms in total. The van der Waals surface area contributed by atoms with E-state index in [1.165, 1.54) is 0 Å². The lowest BCUT2D eigenvalue weighted by atomic mass is 9.80. The van der Waals surface area contributed by atoms with E-state index in [0.717, 1.165) is 11.0 Å². The van der Waals surface area contributed by atoms with E-state index in [-0.39, 0.29) is 0 Å². The van der Waals surface area contributed by atoms with E-state index in [0.29, 0.717) is 24.4 Å². The second-order valence-electron chi connectivity index (χ2n) is 4.72. The van der Waals surface area contributed by atoms with Gasteiger partial charge in [-0.05, 0) is 29.7 Å². The zero-order valence-corrected chi connectivity index (χ0v) is 11.4. The van der Waals surface area contributed by atoms with Gasteiger partial charge in [-0.15, -0.1) is 0 Å². The van der Waals surface area contributed by atoms with Crippen LogP contribution in [-0.4, -0.2) is 33.3 Å². The smallest absolute Gasteiger partial charge is 0.488 e. The van der Waals surface area contributed by atoms with Crippen molar-refractivity contribution in [2.45, 2.75) is 6.54 Å². The van der Waals surface area contributed by atoms with Crippen molar-refractivity contribution < 1.29 is 14.8 Å². The molecule has 0 saturated carbocycles. The summed E-state index contributed by atoms with van der Waals surface area (Å²) in [5, 5.41) is 18.3. The monoisotopic (exact) mass is 282 g/mol. The summed E-state index contributed by atoms with van der Waals surface area (Å²) in [5.74, 6) is 0.616. The lowest BCUT2D eigenvalue weighted by Gasteiger charge is -2.09. The van der Waals surface area contributed by atoms with Crippen LogP contribution in [0.1, 0.15) is 0 Å². The summed E-state index contributed by atoms with van der Waals surface area (Å²) in [6.07, 6.45) is 1.79. The molecule has 0 aliphatic heterocycles.